The number of nitrogens with one attached hydrogen (secondary N) is 1. The van der Waals surface area contributed by atoms with E-state index in [1.165, 1.54) is 6.42 Å². The van der Waals surface area contributed by atoms with Gasteiger partial charge in [-0.1, -0.05) is 60.7 Å². The van der Waals surface area contributed by atoms with Gasteiger partial charge in [0, 0.05) is 25.6 Å². The monoisotopic (exact) mass is 365 g/mol. The molecule has 3 N–H and O–H groups in total. The summed E-state index contributed by atoms with van der Waals surface area (Å²) >= 11 is 0. The summed E-state index contributed by atoms with van der Waals surface area (Å²) in [5.74, 6) is -0.333. The molecule has 0 radical (unpaired) electrons. The van der Waals surface area contributed by atoms with Gasteiger partial charge >= 0.3 is 0 Å². The maximum Gasteiger partial charge on any atom is 0.239 e. The van der Waals surface area contributed by atoms with Crippen LogP contribution in [0.2, 0.25) is 0 Å². The summed E-state index contributed by atoms with van der Waals surface area (Å²) in [6.07, 6.45) is 3.61. The van der Waals surface area contributed by atoms with Crippen LogP contribution in [-0.4, -0.2) is 29.8 Å². The summed E-state index contributed by atoms with van der Waals surface area (Å²) < 4.78 is 0. The highest BCUT2D eigenvalue weighted by Gasteiger charge is 2.26. The minimum atomic E-state index is -0.648. The van der Waals surface area contributed by atoms with Crippen molar-refractivity contribution in [3.8, 4) is 0 Å². The van der Waals surface area contributed by atoms with Crippen LogP contribution in [0.25, 0.3) is 0 Å². The van der Waals surface area contributed by atoms with E-state index in [1.54, 1.807) is 0 Å². The Morgan fingerprint density at radius 1 is 0.889 bits per heavy atom. The van der Waals surface area contributed by atoms with Crippen molar-refractivity contribution in [3.63, 3.8) is 0 Å². The third-order valence-electron chi connectivity index (χ3n) is 5.07. The third-order valence-corrected chi connectivity index (χ3v) is 5.07. The van der Waals surface area contributed by atoms with Crippen molar-refractivity contribution in [2.24, 2.45) is 5.73 Å². The van der Waals surface area contributed by atoms with Gasteiger partial charge in [0.05, 0.1) is 0 Å². The minimum Gasteiger partial charge on any atom is -0.368 e. The molecule has 1 saturated heterocycles. The first-order valence-corrected chi connectivity index (χ1v) is 9.58. The Morgan fingerprint density at radius 3 is 2.00 bits per heavy atom. The largest absolute Gasteiger partial charge is 0.368 e. The van der Waals surface area contributed by atoms with Crippen molar-refractivity contribution in [1.82, 2.24) is 10.2 Å². The van der Waals surface area contributed by atoms with Gasteiger partial charge in [-0.05, 0) is 30.4 Å². The van der Waals surface area contributed by atoms with Gasteiger partial charge < -0.3 is 10.6 Å². The first-order chi connectivity index (χ1) is 13.1. The molecular formula is C22H27N3O2. The summed E-state index contributed by atoms with van der Waals surface area (Å²) in [4.78, 5) is 26.9. The quantitative estimate of drug-likeness (QED) is 0.792. The highest BCUT2D eigenvalue weighted by Crippen LogP contribution is 2.24. The second kappa shape index (κ2) is 9.33. The fourth-order valence-corrected chi connectivity index (χ4v) is 3.59. The van der Waals surface area contributed by atoms with Crippen molar-refractivity contribution in [2.75, 3.05) is 13.1 Å². The molecule has 142 valence electrons. The van der Waals surface area contributed by atoms with E-state index in [0.717, 1.165) is 37.1 Å². The maximum absolute atomic E-state index is 12.8. The number of likely N-dealkylation sites (tertiary alicyclic amines) is 1. The van der Waals surface area contributed by atoms with E-state index < -0.39 is 11.9 Å². The molecule has 5 nitrogen and oxygen atoms in total. The van der Waals surface area contributed by atoms with Crippen LogP contribution in [0.4, 0.5) is 0 Å². The molecule has 0 bridgehead atoms. The number of amides is 2. The van der Waals surface area contributed by atoms with Crippen LogP contribution in [0, 0.1) is 0 Å². The molecule has 1 aliphatic heterocycles. The van der Waals surface area contributed by atoms with Gasteiger partial charge in [-0.3, -0.25) is 14.9 Å². The summed E-state index contributed by atoms with van der Waals surface area (Å²) in [6.45, 7) is 1.64. The number of benzene rings is 2. The molecule has 1 fully saturated rings. The average Bonchev–Trinajstić information content (AvgIpc) is 2.72. The van der Waals surface area contributed by atoms with Crippen molar-refractivity contribution >= 4 is 11.8 Å². The number of nitrogens with two attached hydrogens (primary N) is 1. The van der Waals surface area contributed by atoms with Crippen LogP contribution in [0.3, 0.4) is 0 Å². The Morgan fingerprint density at radius 2 is 1.44 bits per heavy atom. The lowest BCUT2D eigenvalue weighted by Crippen LogP contribution is -2.40. The van der Waals surface area contributed by atoms with Crippen LogP contribution >= 0.6 is 0 Å². The predicted molar refractivity (Wildman–Crippen MR) is 106 cm³/mol. The van der Waals surface area contributed by atoms with Gasteiger partial charge in [0.2, 0.25) is 11.8 Å². The number of carbonyl (C=O) groups is 2. The molecule has 2 aromatic rings. The average molecular weight is 365 g/mol. The van der Waals surface area contributed by atoms with Crippen LogP contribution in [0.5, 0.6) is 0 Å². The van der Waals surface area contributed by atoms with E-state index in [1.807, 2.05) is 65.6 Å². The second-order valence-corrected chi connectivity index (χ2v) is 7.02. The summed E-state index contributed by atoms with van der Waals surface area (Å²) in [5, 5.41) is 3.33. The van der Waals surface area contributed by atoms with Crippen LogP contribution in [0.15, 0.2) is 60.7 Å². The van der Waals surface area contributed by atoms with E-state index >= 15 is 0 Å². The van der Waals surface area contributed by atoms with Gasteiger partial charge in [0.15, 0.2) is 0 Å². The lowest BCUT2D eigenvalue weighted by Gasteiger charge is -2.30. The molecular weight excluding hydrogens is 338 g/mol. The Labute approximate surface area is 160 Å². The smallest absolute Gasteiger partial charge is 0.239 e. The first kappa shape index (κ1) is 19.1. The fraction of sp³-hybridized carbons (Fsp3) is 0.364. The zero-order chi connectivity index (χ0) is 19.1. The minimum absolute atomic E-state index is 0.118. The van der Waals surface area contributed by atoms with Gasteiger partial charge in [-0.2, -0.15) is 0 Å². The van der Waals surface area contributed by atoms with Crippen LogP contribution < -0.4 is 11.1 Å². The van der Waals surface area contributed by atoms with Gasteiger partial charge in [0.1, 0.15) is 6.04 Å². The number of hydrogen-bond donors (Lipinski definition) is 2. The molecule has 2 aromatic carbocycles. The maximum atomic E-state index is 12.8. The molecule has 2 unspecified atom stereocenters. The number of piperidine rings is 1. The highest BCUT2D eigenvalue weighted by atomic mass is 16.2. The molecule has 0 aromatic heterocycles. The summed E-state index contributed by atoms with van der Waals surface area (Å²) in [6, 6.07) is 18.2. The molecule has 3 rings (SSSR count). The van der Waals surface area contributed by atoms with E-state index in [4.69, 9.17) is 5.73 Å². The standard InChI is InChI=1S/C22H27N3O2/c23-22(27)21(18-12-6-2-7-13-18)24-19(17-10-4-1-5-11-17)16-20(26)25-14-8-3-9-15-25/h1-2,4-7,10-13,19,21,24H,3,8-9,14-16H2,(H2,23,27). The zero-order valence-corrected chi connectivity index (χ0v) is 15.5. The lowest BCUT2D eigenvalue weighted by atomic mass is 9.98. The third kappa shape index (κ3) is 5.17. The molecule has 27 heavy (non-hydrogen) atoms. The van der Waals surface area contributed by atoms with Gasteiger partial charge in [-0.15, -0.1) is 0 Å². The number of primary amides is 1. The Kier molecular flexibility index (Phi) is 6.60. The Bertz CT molecular complexity index is 743. The highest BCUT2D eigenvalue weighted by molar-refractivity contribution is 5.82. The molecule has 1 aliphatic rings. The van der Waals surface area contributed by atoms with Crippen molar-refractivity contribution < 1.29 is 9.59 Å². The van der Waals surface area contributed by atoms with Gasteiger partial charge in [0.25, 0.3) is 0 Å². The molecule has 2 atom stereocenters. The molecule has 0 aliphatic carbocycles. The second-order valence-electron chi connectivity index (χ2n) is 7.02. The number of hydrogen-bond acceptors (Lipinski definition) is 3. The van der Waals surface area contributed by atoms with E-state index in [2.05, 4.69) is 5.32 Å². The number of rotatable bonds is 7. The molecule has 1 heterocycles. The first-order valence-electron chi connectivity index (χ1n) is 9.58. The summed E-state index contributed by atoms with van der Waals surface area (Å²) in [5.41, 5.74) is 7.45. The summed E-state index contributed by atoms with van der Waals surface area (Å²) in [7, 11) is 0. The fourth-order valence-electron chi connectivity index (χ4n) is 3.59. The van der Waals surface area contributed by atoms with E-state index in [-0.39, 0.29) is 11.9 Å². The van der Waals surface area contributed by atoms with Crippen molar-refractivity contribution in [3.05, 3.63) is 71.8 Å². The zero-order valence-electron chi connectivity index (χ0n) is 15.5. The number of carbonyl (C=O) groups excluding carboxylic acids is 2. The number of nitrogens with zero attached hydrogens (tertiary/aromatic N) is 1. The van der Waals surface area contributed by atoms with E-state index in [9.17, 15) is 9.59 Å². The van der Waals surface area contributed by atoms with Crippen LogP contribution in [-0.2, 0) is 9.59 Å². The van der Waals surface area contributed by atoms with Crippen molar-refractivity contribution in [2.45, 2.75) is 37.8 Å². The van der Waals surface area contributed by atoms with Crippen molar-refractivity contribution in [1.29, 1.82) is 0 Å². The van der Waals surface area contributed by atoms with Gasteiger partial charge in [-0.25, -0.2) is 0 Å². The Balaban J connectivity index is 1.81. The lowest BCUT2D eigenvalue weighted by molar-refractivity contribution is -0.133. The molecule has 0 spiro atoms. The van der Waals surface area contributed by atoms with Crippen LogP contribution in [0.1, 0.15) is 48.9 Å². The molecule has 0 saturated carbocycles. The molecule has 2 amide bonds. The normalized spacial score (nSPS) is 16.5. The van der Waals surface area contributed by atoms with E-state index in [0.29, 0.717) is 6.42 Å². The topological polar surface area (TPSA) is 75.4 Å². The molecule has 5 heteroatoms. The Hall–Kier alpha value is -2.66. The predicted octanol–water partition coefficient (Wildman–Crippen LogP) is 2.95. The SMILES string of the molecule is NC(=O)C(NC(CC(=O)N1CCCCC1)c1ccccc1)c1ccccc1.